The number of amides is 1. The molecular weight excluding hydrogens is 337 g/mol. The molecule has 9 heteroatoms. The predicted molar refractivity (Wildman–Crippen MR) is 83.8 cm³/mol. The molecule has 2 aromatic rings. The highest BCUT2D eigenvalue weighted by Gasteiger charge is 2.18. The van der Waals surface area contributed by atoms with E-state index >= 15 is 0 Å². The van der Waals surface area contributed by atoms with Gasteiger partial charge in [-0.25, -0.2) is 13.2 Å². The Bertz CT molecular complexity index is 765. The van der Waals surface area contributed by atoms with E-state index in [-0.39, 0.29) is 11.8 Å². The zero-order valence-corrected chi connectivity index (χ0v) is 13.1. The summed E-state index contributed by atoms with van der Waals surface area (Å²) >= 11 is 0. The molecule has 1 aromatic carbocycles. The van der Waals surface area contributed by atoms with Gasteiger partial charge in [0.15, 0.2) is 23.1 Å². The summed E-state index contributed by atoms with van der Waals surface area (Å²) in [6.07, 6.45) is 2.12. The smallest absolute Gasteiger partial charge is 0.276 e. The van der Waals surface area contributed by atoms with Crippen molar-refractivity contribution in [2.45, 2.75) is 18.9 Å². The summed E-state index contributed by atoms with van der Waals surface area (Å²) in [5, 5.41) is 12.8. The maximum Gasteiger partial charge on any atom is 0.276 e. The number of carbonyl (C=O) groups excluding carboxylic acids is 1. The molecule has 0 radical (unpaired) electrons. The van der Waals surface area contributed by atoms with Crippen molar-refractivity contribution >= 4 is 17.4 Å². The first kappa shape index (κ1) is 17.2. The molecule has 0 aliphatic carbocycles. The van der Waals surface area contributed by atoms with E-state index in [0.717, 1.165) is 31.6 Å². The van der Waals surface area contributed by atoms with E-state index in [9.17, 15) is 18.0 Å². The van der Waals surface area contributed by atoms with E-state index in [0.29, 0.717) is 12.4 Å². The third-order valence-electron chi connectivity index (χ3n) is 3.72. The number of halogens is 3. The fraction of sp³-hybridized carbons (Fsp3) is 0.312. The fourth-order valence-electron chi connectivity index (χ4n) is 2.38. The van der Waals surface area contributed by atoms with Gasteiger partial charge in [-0.05, 0) is 37.1 Å². The Hall–Kier alpha value is -2.68. The minimum absolute atomic E-state index is 0.0909. The summed E-state index contributed by atoms with van der Waals surface area (Å²) in [5.74, 6) is -4.79. The number of ether oxygens (including phenoxy) is 1. The van der Waals surface area contributed by atoms with E-state index in [2.05, 4.69) is 20.8 Å². The van der Waals surface area contributed by atoms with Crippen molar-refractivity contribution in [3.63, 3.8) is 0 Å². The van der Waals surface area contributed by atoms with Crippen LogP contribution in [0.3, 0.4) is 0 Å². The Morgan fingerprint density at radius 1 is 1.16 bits per heavy atom. The number of nitrogens with one attached hydrogen (secondary N) is 2. The van der Waals surface area contributed by atoms with Crippen LogP contribution in [0.2, 0.25) is 0 Å². The summed E-state index contributed by atoms with van der Waals surface area (Å²) < 4.78 is 45.1. The fourth-order valence-corrected chi connectivity index (χ4v) is 2.38. The lowest BCUT2D eigenvalue weighted by molar-refractivity contribution is 0.102. The second-order valence-electron chi connectivity index (χ2n) is 5.50. The molecule has 1 amide bonds. The molecule has 3 rings (SSSR count). The van der Waals surface area contributed by atoms with Gasteiger partial charge in [0.25, 0.3) is 5.91 Å². The van der Waals surface area contributed by atoms with Crippen LogP contribution in [0.4, 0.5) is 24.7 Å². The SMILES string of the molecule is O=C(Nc1ccc(F)c(F)c1F)c1ccc(NCC2CCCO2)nn1. The van der Waals surface area contributed by atoms with Crippen molar-refractivity contribution in [3.8, 4) is 0 Å². The molecule has 0 bridgehead atoms. The minimum atomic E-state index is -1.66. The average Bonchev–Trinajstić information content (AvgIpc) is 3.14. The third-order valence-corrected chi connectivity index (χ3v) is 3.72. The molecule has 1 aromatic heterocycles. The van der Waals surface area contributed by atoms with Crippen LogP contribution in [-0.4, -0.2) is 35.4 Å². The van der Waals surface area contributed by atoms with Gasteiger partial charge in [0, 0.05) is 13.2 Å². The molecule has 1 aliphatic heterocycles. The Kier molecular flexibility index (Phi) is 5.13. The lowest BCUT2D eigenvalue weighted by atomic mass is 10.2. The zero-order chi connectivity index (χ0) is 17.8. The highest BCUT2D eigenvalue weighted by atomic mass is 19.2. The van der Waals surface area contributed by atoms with Gasteiger partial charge in [-0.2, -0.15) is 0 Å². The van der Waals surface area contributed by atoms with Gasteiger partial charge in [-0.3, -0.25) is 4.79 Å². The highest BCUT2D eigenvalue weighted by Crippen LogP contribution is 2.20. The molecule has 1 fully saturated rings. The van der Waals surface area contributed by atoms with E-state index < -0.39 is 29.0 Å². The van der Waals surface area contributed by atoms with E-state index in [1.807, 2.05) is 0 Å². The number of anilines is 2. The summed E-state index contributed by atoms with van der Waals surface area (Å²) in [7, 11) is 0. The first-order chi connectivity index (χ1) is 12.0. The van der Waals surface area contributed by atoms with Gasteiger partial charge in [0.1, 0.15) is 5.82 Å². The molecule has 25 heavy (non-hydrogen) atoms. The number of aromatic nitrogens is 2. The average molecular weight is 352 g/mol. The Morgan fingerprint density at radius 3 is 2.68 bits per heavy atom. The molecule has 1 atom stereocenters. The number of rotatable bonds is 5. The molecular formula is C16H15F3N4O2. The molecule has 6 nitrogen and oxygen atoms in total. The number of carbonyl (C=O) groups is 1. The molecule has 1 saturated heterocycles. The van der Waals surface area contributed by atoms with Gasteiger partial charge in [-0.15, -0.1) is 10.2 Å². The van der Waals surface area contributed by atoms with Crippen molar-refractivity contribution in [3.05, 3.63) is 47.4 Å². The predicted octanol–water partition coefficient (Wildman–Crippen LogP) is 2.74. The van der Waals surface area contributed by atoms with Gasteiger partial charge in [0.2, 0.25) is 0 Å². The van der Waals surface area contributed by atoms with Crippen LogP contribution in [0.25, 0.3) is 0 Å². The van der Waals surface area contributed by atoms with Crippen molar-refractivity contribution < 1.29 is 22.7 Å². The van der Waals surface area contributed by atoms with Crippen LogP contribution in [0.15, 0.2) is 24.3 Å². The maximum atomic E-state index is 13.6. The summed E-state index contributed by atoms with van der Waals surface area (Å²) in [5.41, 5.74) is -0.571. The van der Waals surface area contributed by atoms with Gasteiger partial charge >= 0.3 is 0 Å². The summed E-state index contributed by atoms with van der Waals surface area (Å²) in [6, 6.07) is 4.57. The monoisotopic (exact) mass is 352 g/mol. The summed E-state index contributed by atoms with van der Waals surface area (Å²) in [4.78, 5) is 12.0. The molecule has 0 saturated carbocycles. The van der Waals surface area contributed by atoms with Crippen LogP contribution in [0, 0.1) is 17.5 Å². The number of nitrogens with zero attached hydrogens (tertiary/aromatic N) is 2. The van der Waals surface area contributed by atoms with Crippen LogP contribution >= 0.6 is 0 Å². The topological polar surface area (TPSA) is 76.1 Å². The maximum absolute atomic E-state index is 13.6. The lowest BCUT2D eigenvalue weighted by Crippen LogP contribution is -2.20. The van der Waals surface area contributed by atoms with Crippen molar-refractivity contribution in [2.24, 2.45) is 0 Å². The quantitative estimate of drug-likeness (QED) is 0.810. The standard InChI is InChI=1S/C16H15F3N4O2/c17-10-3-4-11(15(19)14(10)18)21-16(24)12-5-6-13(23-22-12)20-8-9-2-1-7-25-9/h3-6,9H,1-2,7-8H2,(H,20,23)(H,21,24). The second kappa shape index (κ2) is 7.47. The molecule has 1 aliphatic rings. The second-order valence-corrected chi connectivity index (χ2v) is 5.50. The Morgan fingerprint density at radius 2 is 2.00 bits per heavy atom. The summed E-state index contributed by atoms with van der Waals surface area (Å²) in [6.45, 7) is 1.33. The van der Waals surface area contributed by atoms with Gasteiger partial charge in [-0.1, -0.05) is 0 Å². The van der Waals surface area contributed by atoms with Gasteiger partial charge < -0.3 is 15.4 Å². The largest absolute Gasteiger partial charge is 0.376 e. The first-order valence-electron chi connectivity index (χ1n) is 7.68. The van der Waals surface area contributed by atoms with Crippen molar-refractivity contribution in [1.82, 2.24) is 10.2 Å². The number of hydrogen-bond acceptors (Lipinski definition) is 5. The normalized spacial score (nSPS) is 16.7. The number of hydrogen-bond donors (Lipinski definition) is 2. The Labute approximate surface area is 141 Å². The van der Waals surface area contributed by atoms with Crippen molar-refractivity contribution in [1.29, 1.82) is 0 Å². The Balaban J connectivity index is 1.61. The molecule has 2 N–H and O–H groups in total. The van der Waals surface area contributed by atoms with Crippen LogP contribution in [0.1, 0.15) is 23.3 Å². The van der Waals surface area contributed by atoms with Gasteiger partial charge in [0.05, 0.1) is 11.8 Å². The highest BCUT2D eigenvalue weighted by molar-refractivity contribution is 6.02. The van der Waals surface area contributed by atoms with Crippen molar-refractivity contribution in [2.75, 3.05) is 23.8 Å². The van der Waals surface area contributed by atoms with E-state index in [1.54, 1.807) is 6.07 Å². The van der Waals surface area contributed by atoms with Crippen LogP contribution in [0.5, 0.6) is 0 Å². The minimum Gasteiger partial charge on any atom is -0.376 e. The number of benzene rings is 1. The van der Waals surface area contributed by atoms with E-state index in [4.69, 9.17) is 4.74 Å². The van der Waals surface area contributed by atoms with Crippen LogP contribution in [-0.2, 0) is 4.74 Å². The first-order valence-corrected chi connectivity index (χ1v) is 7.68. The van der Waals surface area contributed by atoms with E-state index in [1.165, 1.54) is 6.07 Å². The molecule has 1 unspecified atom stereocenters. The van der Waals surface area contributed by atoms with Crippen LogP contribution < -0.4 is 10.6 Å². The molecule has 132 valence electrons. The third kappa shape index (κ3) is 4.05. The zero-order valence-electron chi connectivity index (χ0n) is 13.1. The molecule has 2 heterocycles. The lowest BCUT2D eigenvalue weighted by Gasteiger charge is -2.11. The molecule has 0 spiro atoms.